The lowest BCUT2D eigenvalue weighted by Crippen LogP contribution is -2.36. The second kappa shape index (κ2) is 8.50. The van der Waals surface area contributed by atoms with Crippen LogP contribution in [-0.4, -0.2) is 23.2 Å². The normalized spacial score (nSPS) is 13.2. The van der Waals surface area contributed by atoms with Crippen molar-refractivity contribution in [2.45, 2.75) is 51.9 Å². The number of rotatable bonds is 8. The van der Waals surface area contributed by atoms with E-state index in [1.165, 1.54) is 5.56 Å². The molecular weight excluding hydrogens is 266 g/mol. The Morgan fingerprint density at radius 1 is 1.25 bits per heavy atom. The highest BCUT2D eigenvalue weighted by atomic mass is 32.1. The molecule has 0 aliphatic carbocycles. The summed E-state index contributed by atoms with van der Waals surface area (Å²) < 4.78 is 5.69. The van der Waals surface area contributed by atoms with Gasteiger partial charge < -0.3 is 4.74 Å². The van der Waals surface area contributed by atoms with Gasteiger partial charge in [-0.3, -0.25) is 5.32 Å². The summed E-state index contributed by atoms with van der Waals surface area (Å²) in [6.07, 6.45) is 2.97. The van der Waals surface area contributed by atoms with E-state index >= 15 is 0 Å². The number of ether oxygens (including phenoxy) is 1. The fraction of sp³-hybridized carbons (Fsp3) is 0.529. The van der Waals surface area contributed by atoms with Gasteiger partial charge in [-0.15, -0.1) is 0 Å². The van der Waals surface area contributed by atoms with E-state index in [1.807, 2.05) is 39.0 Å². The van der Waals surface area contributed by atoms with Gasteiger partial charge in [-0.2, -0.15) is 0 Å². The van der Waals surface area contributed by atoms with Crippen LogP contribution >= 0.6 is 12.2 Å². The monoisotopic (exact) mass is 292 g/mol. The SMILES string of the molecule is [CH2]C(NCCCCC(=S)c1ccccc1)OC(C)(C)C. The van der Waals surface area contributed by atoms with Crippen molar-refractivity contribution >= 4 is 17.1 Å². The summed E-state index contributed by atoms with van der Waals surface area (Å²) in [5.74, 6) is 0. The van der Waals surface area contributed by atoms with Crippen LogP contribution in [0.15, 0.2) is 30.3 Å². The highest BCUT2D eigenvalue weighted by Crippen LogP contribution is 2.10. The summed E-state index contributed by atoms with van der Waals surface area (Å²) in [6.45, 7) is 10.9. The number of hydrogen-bond acceptors (Lipinski definition) is 3. The minimum Gasteiger partial charge on any atom is -0.358 e. The number of thiocarbonyl (C=S) groups is 1. The maximum Gasteiger partial charge on any atom is 0.108 e. The van der Waals surface area contributed by atoms with E-state index in [9.17, 15) is 0 Å². The summed E-state index contributed by atoms with van der Waals surface area (Å²) in [5.41, 5.74) is 1.01. The maximum absolute atomic E-state index is 5.69. The van der Waals surface area contributed by atoms with Gasteiger partial charge >= 0.3 is 0 Å². The Bertz CT molecular complexity index is 397. The van der Waals surface area contributed by atoms with Crippen molar-refractivity contribution in [2.24, 2.45) is 0 Å². The predicted octanol–water partition coefficient (Wildman–Crippen LogP) is 4.14. The molecule has 0 spiro atoms. The minimum atomic E-state index is -0.158. The zero-order valence-corrected chi connectivity index (χ0v) is 13.6. The molecule has 111 valence electrons. The highest BCUT2D eigenvalue weighted by Gasteiger charge is 2.14. The lowest BCUT2D eigenvalue weighted by Gasteiger charge is -2.25. The van der Waals surface area contributed by atoms with Crippen LogP contribution in [0.1, 0.15) is 45.6 Å². The fourth-order valence-electron chi connectivity index (χ4n) is 1.91. The molecule has 3 heteroatoms. The molecule has 1 rings (SSSR count). The molecule has 0 amide bonds. The zero-order chi connectivity index (χ0) is 15.0. The lowest BCUT2D eigenvalue weighted by atomic mass is 10.1. The Morgan fingerprint density at radius 3 is 2.50 bits per heavy atom. The van der Waals surface area contributed by atoms with Crippen molar-refractivity contribution in [2.75, 3.05) is 6.54 Å². The molecule has 0 aliphatic rings. The number of nitrogens with one attached hydrogen (secondary N) is 1. The van der Waals surface area contributed by atoms with E-state index in [1.54, 1.807) is 0 Å². The molecule has 0 saturated carbocycles. The van der Waals surface area contributed by atoms with Gasteiger partial charge in [0.15, 0.2) is 0 Å². The molecule has 1 unspecified atom stereocenters. The van der Waals surface area contributed by atoms with Crippen LogP contribution in [-0.2, 0) is 4.74 Å². The van der Waals surface area contributed by atoms with Crippen LogP contribution in [0.3, 0.4) is 0 Å². The maximum atomic E-state index is 5.69. The standard InChI is InChI=1S/C17H26NOS/c1-14(19-17(2,3)4)18-13-9-8-12-16(20)15-10-6-5-7-11-15/h5-7,10-11,14,18H,1,8-9,12-13H2,2-4H3. The third-order valence-electron chi connectivity index (χ3n) is 2.79. The molecule has 0 heterocycles. The molecule has 0 aromatic heterocycles. The molecule has 1 aromatic carbocycles. The molecule has 1 N–H and O–H groups in total. The fourth-order valence-corrected chi connectivity index (χ4v) is 2.19. The first kappa shape index (κ1) is 17.3. The van der Waals surface area contributed by atoms with Gasteiger partial charge in [-0.1, -0.05) is 42.5 Å². The lowest BCUT2D eigenvalue weighted by molar-refractivity contribution is -0.0531. The Hall–Kier alpha value is -0.770. The van der Waals surface area contributed by atoms with Crippen LogP contribution in [0.4, 0.5) is 0 Å². The van der Waals surface area contributed by atoms with Crippen molar-refractivity contribution in [3.63, 3.8) is 0 Å². The molecule has 20 heavy (non-hydrogen) atoms. The van der Waals surface area contributed by atoms with Crippen molar-refractivity contribution < 1.29 is 4.74 Å². The number of unbranched alkanes of at least 4 members (excludes halogenated alkanes) is 1. The van der Waals surface area contributed by atoms with Gasteiger partial charge in [0.05, 0.1) is 5.60 Å². The molecule has 1 atom stereocenters. The van der Waals surface area contributed by atoms with Crippen LogP contribution in [0.5, 0.6) is 0 Å². The first-order valence-corrected chi connectivity index (χ1v) is 7.62. The van der Waals surface area contributed by atoms with E-state index in [0.29, 0.717) is 0 Å². The van der Waals surface area contributed by atoms with Crippen molar-refractivity contribution in [3.05, 3.63) is 42.8 Å². The highest BCUT2D eigenvalue weighted by molar-refractivity contribution is 7.80. The molecule has 0 bridgehead atoms. The predicted molar refractivity (Wildman–Crippen MR) is 90.0 cm³/mol. The third-order valence-corrected chi connectivity index (χ3v) is 3.23. The van der Waals surface area contributed by atoms with Gasteiger partial charge in [0, 0.05) is 4.86 Å². The molecule has 1 aromatic rings. The van der Waals surface area contributed by atoms with E-state index in [4.69, 9.17) is 17.0 Å². The second-order valence-corrected chi connectivity index (χ2v) is 6.41. The number of hydrogen-bond donors (Lipinski definition) is 1. The van der Waals surface area contributed by atoms with Crippen molar-refractivity contribution in [1.29, 1.82) is 0 Å². The van der Waals surface area contributed by atoms with Crippen LogP contribution in [0.25, 0.3) is 0 Å². The topological polar surface area (TPSA) is 21.3 Å². The van der Waals surface area contributed by atoms with Crippen LogP contribution in [0.2, 0.25) is 0 Å². The molecule has 0 aliphatic heterocycles. The largest absolute Gasteiger partial charge is 0.358 e. The first-order chi connectivity index (χ1) is 9.38. The molecular formula is C17H26NOS. The van der Waals surface area contributed by atoms with Gasteiger partial charge in [-0.05, 0) is 59.1 Å². The summed E-state index contributed by atoms with van der Waals surface area (Å²) in [5, 5.41) is 3.28. The van der Waals surface area contributed by atoms with Crippen LogP contribution in [0, 0.1) is 6.92 Å². The summed E-state index contributed by atoms with van der Waals surface area (Å²) >= 11 is 5.44. The van der Waals surface area contributed by atoms with Crippen molar-refractivity contribution in [3.8, 4) is 0 Å². The van der Waals surface area contributed by atoms with Gasteiger partial charge in [-0.25, -0.2) is 0 Å². The average molecular weight is 292 g/mol. The minimum absolute atomic E-state index is 0.156. The van der Waals surface area contributed by atoms with Crippen molar-refractivity contribution in [1.82, 2.24) is 5.32 Å². The van der Waals surface area contributed by atoms with Gasteiger partial charge in [0.1, 0.15) is 6.23 Å². The average Bonchev–Trinajstić information content (AvgIpc) is 2.37. The van der Waals surface area contributed by atoms with E-state index in [0.717, 1.165) is 30.7 Å². The molecule has 2 nitrogen and oxygen atoms in total. The van der Waals surface area contributed by atoms with Gasteiger partial charge in [0.2, 0.25) is 0 Å². The molecule has 0 fully saturated rings. The van der Waals surface area contributed by atoms with E-state index in [2.05, 4.69) is 24.4 Å². The third kappa shape index (κ3) is 7.73. The molecule has 1 radical (unpaired) electrons. The Labute approximate surface area is 128 Å². The Morgan fingerprint density at radius 2 is 1.90 bits per heavy atom. The Kier molecular flexibility index (Phi) is 7.35. The smallest absolute Gasteiger partial charge is 0.108 e. The summed E-state index contributed by atoms with van der Waals surface area (Å²) in [4.78, 5) is 1.04. The quantitative estimate of drug-likeness (QED) is 0.337. The molecule has 0 saturated heterocycles. The van der Waals surface area contributed by atoms with Crippen LogP contribution < -0.4 is 5.32 Å². The first-order valence-electron chi connectivity index (χ1n) is 7.21. The van der Waals surface area contributed by atoms with E-state index < -0.39 is 0 Å². The summed E-state index contributed by atoms with van der Waals surface area (Å²) in [7, 11) is 0. The summed E-state index contributed by atoms with van der Waals surface area (Å²) in [6, 6.07) is 10.2. The Balaban J connectivity index is 2.12. The zero-order valence-electron chi connectivity index (χ0n) is 12.8. The second-order valence-electron chi connectivity index (χ2n) is 5.92. The van der Waals surface area contributed by atoms with Gasteiger partial charge in [0.25, 0.3) is 0 Å². The number of benzene rings is 1. The van der Waals surface area contributed by atoms with E-state index in [-0.39, 0.29) is 11.8 Å².